The van der Waals surface area contributed by atoms with E-state index in [0.717, 1.165) is 17.3 Å². The van der Waals surface area contributed by atoms with Gasteiger partial charge < -0.3 is 0 Å². The molecule has 0 aromatic carbocycles. The van der Waals surface area contributed by atoms with E-state index in [-0.39, 0.29) is 28.3 Å². The van der Waals surface area contributed by atoms with Crippen molar-refractivity contribution in [1.29, 1.82) is 0 Å². The summed E-state index contributed by atoms with van der Waals surface area (Å²) in [5, 5.41) is 0. The predicted molar refractivity (Wildman–Crippen MR) is 57.8 cm³/mol. The van der Waals surface area contributed by atoms with E-state index in [0.29, 0.717) is 0 Å². The van der Waals surface area contributed by atoms with Gasteiger partial charge in [-0.05, 0) is 18.3 Å². The molecular formula is C10H13IO2. The van der Waals surface area contributed by atoms with Crippen LogP contribution in [0, 0.1) is 16.7 Å². The molecule has 3 heteroatoms. The summed E-state index contributed by atoms with van der Waals surface area (Å²) in [5.41, 5.74) is -0.419. The number of Topliss-reactive ketones (excluding diaryl/α,β-unsaturated/α-hetero) is 2. The van der Waals surface area contributed by atoms with Crippen LogP contribution in [0.2, 0.25) is 0 Å². The molecule has 0 N–H and O–H groups in total. The molecule has 2 saturated carbocycles. The quantitative estimate of drug-likeness (QED) is 0.421. The van der Waals surface area contributed by atoms with Gasteiger partial charge in [0.05, 0.1) is 0 Å². The lowest BCUT2D eigenvalue weighted by atomic mass is 9.70. The highest BCUT2D eigenvalue weighted by atomic mass is 127. The van der Waals surface area contributed by atoms with Crippen LogP contribution in [-0.4, -0.2) is 16.0 Å². The van der Waals surface area contributed by atoms with E-state index in [4.69, 9.17) is 0 Å². The first kappa shape index (κ1) is 9.62. The molecule has 0 saturated heterocycles. The van der Waals surface area contributed by atoms with Gasteiger partial charge in [0.1, 0.15) is 0 Å². The Hall–Kier alpha value is 0.0700. The van der Waals surface area contributed by atoms with Gasteiger partial charge in [-0.1, -0.05) is 36.4 Å². The maximum absolute atomic E-state index is 11.7. The average molecular weight is 292 g/mol. The normalized spacial score (nSPS) is 49.0. The van der Waals surface area contributed by atoms with E-state index >= 15 is 0 Å². The molecule has 0 amide bonds. The molecule has 13 heavy (non-hydrogen) atoms. The number of carbonyl (C=O) groups is 2. The SMILES string of the molecule is C[C@@]12CC[C@@H](C(=O)C1=O)[C@@]2(C)CI. The number of halogens is 1. The van der Waals surface area contributed by atoms with Crippen LogP contribution in [0.25, 0.3) is 0 Å². The molecule has 0 heterocycles. The Morgan fingerprint density at radius 3 is 2.38 bits per heavy atom. The Morgan fingerprint density at radius 1 is 1.46 bits per heavy atom. The lowest BCUT2D eigenvalue weighted by Gasteiger charge is -2.33. The second kappa shape index (κ2) is 2.55. The largest absolute Gasteiger partial charge is 0.291 e. The Labute approximate surface area is 91.6 Å². The topological polar surface area (TPSA) is 34.1 Å². The molecule has 0 radical (unpaired) electrons. The molecule has 0 spiro atoms. The van der Waals surface area contributed by atoms with Crippen LogP contribution in [0.5, 0.6) is 0 Å². The number of ketones is 2. The van der Waals surface area contributed by atoms with E-state index in [9.17, 15) is 9.59 Å². The third-order valence-electron chi connectivity index (χ3n) is 4.28. The van der Waals surface area contributed by atoms with Gasteiger partial charge in [0.15, 0.2) is 0 Å². The monoisotopic (exact) mass is 292 g/mol. The summed E-state index contributed by atoms with van der Waals surface area (Å²) in [6.45, 7) is 4.07. The van der Waals surface area contributed by atoms with E-state index in [1.54, 1.807) is 0 Å². The molecule has 2 fully saturated rings. The van der Waals surface area contributed by atoms with Crippen LogP contribution in [-0.2, 0) is 9.59 Å². The first-order valence-electron chi connectivity index (χ1n) is 4.62. The van der Waals surface area contributed by atoms with Crippen molar-refractivity contribution in [3.63, 3.8) is 0 Å². The zero-order chi connectivity index (χ0) is 9.85. The molecule has 2 bridgehead atoms. The fourth-order valence-electron chi connectivity index (χ4n) is 2.89. The van der Waals surface area contributed by atoms with Gasteiger partial charge in [0.2, 0.25) is 11.6 Å². The molecule has 2 nitrogen and oxygen atoms in total. The van der Waals surface area contributed by atoms with Gasteiger partial charge in [0, 0.05) is 15.8 Å². The van der Waals surface area contributed by atoms with E-state index in [1.807, 2.05) is 6.92 Å². The van der Waals surface area contributed by atoms with Crippen LogP contribution in [0.15, 0.2) is 0 Å². The van der Waals surface area contributed by atoms with Crippen LogP contribution >= 0.6 is 22.6 Å². The fraction of sp³-hybridized carbons (Fsp3) is 0.800. The number of hydrogen-bond acceptors (Lipinski definition) is 2. The van der Waals surface area contributed by atoms with Crippen molar-refractivity contribution in [2.75, 3.05) is 4.43 Å². The number of fused-ring (bicyclic) bond motifs is 2. The third kappa shape index (κ3) is 0.845. The molecule has 0 aliphatic heterocycles. The third-order valence-corrected chi connectivity index (χ3v) is 5.87. The Balaban J connectivity index is 2.55. The lowest BCUT2D eigenvalue weighted by Crippen LogP contribution is -2.36. The van der Waals surface area contributed by atoms with Gasteiger partial charge in [0.25, 0.3) is 0 Å². The fourth-order valence-corrected chi connectivity index (χ4v) is 4.26. The molecule has 2 rings (SSSR count). The second-order valence-corrected chi connectivity index (χ2v) is 5.43. The molecule has 0 unspecified atom stereocenters. The summed E-state index contributed by atoms with van der Waals surface area (Å²) in [6.07, 6.45) is 1.82. The van der Waals surface area contributed by atoms with Crippen molar-refractivity contribution < 1.29 is 9.59 Å². The van der Waals surface area contributed by atoms with E-state index in [2.05, 4.69) is 29.5 Å². The van der Waals surface area contributed by atoms with Crippen molar-refractivity contribution >= 4 is 34.2 Å². The van der Waals surface area contributed by atoms with Crippen LogP contribution < -0.4 is 0 Å². The van der Waals surface area contributed by atoms with Crippen LogP contribution in [0.3, 0.4) is 0 Å². The minimum atomic E-state index is -0.351. The summed E-state index contributed by atoms with van der Waals surface area (Å²) in [5.74, 6) is -0.197. The number of rotatable bonds is 1. The highest BCUT2D eigenvalue weighted by Crippen LogP contribution is 2.62. The molecule has 72 valence electrons. The standard InChI is InChI=1S/C10H13IO2/c1-9-4-3-6(7(12)8(9)13)10(9,2)5-11/h6H,3-5H2,1-2H3/t6-,9+,10+/m0/s1. The molecular weight excluding hydrogens is 279 g/mol. The zero-order valence-corrected chi connectivity index (χ0v) is 10.1. The Bertz CT molecular complexity index is 299. The maximum Gasteiger partial charge on any atom is 0.205 e. The second-order valence-electron chi connectivity index (χ2n) is 4.67. The van der Waals surface area contributed by atoms with Crippen molar-refractivity contribution in [2.24, 2.45) is 16.7 Å². The average Bonchev–Trinajstić information content (AvgIpc) is 2.44. The smallest absolute Gasteiger partial charge is 0.205 e. The Kier molecular flexibility index (Phi) is 1.89. The summed E-state index contributed by atoms with van der Waals surface area (Å²) in [7, 11) is 0. The number of hydrogen-bond donors (Lipinski definition) is 0. The first-order valence-corrected chi connectivity index (χ1v) is 6.14. The summed E-state index contributed by atoms with van der Waals surface area (Å²) >= 11 is 2.30. The van der Waals surface area contributed by atoms with Gasteiger partial charge in [-0.3, -0.25) is 9.59 Å². The molecule has 3 atom stereocenters. The number of alkyl halides is 1. The van der Waals surface area contributed by atoms with Crippen molar-refractivity contribution in [2.45, 2.75) is 26.7 Å². The molecule has 2 aliphatic carbocycles. The van der Waals surface area contributed by atoms with Gasteiger partial charge >= 0.3 is 0 Å². The van der Waals surface area contributed by atoms with Crippen LogP contribution in [0.4, 0.5) is 0 Å². The highest BCUT2D eigenvalue weighted by molar-refractivity contribution is 14.1. The van der Waals surface area contributed by atoms with Crippen molar-refractivity contribution in [3.8, 4) is 0 Å². The summed E-state index contributed by atoms with van der Waals surface area (Å²) in [6, 6.07) is 0. The lowest BCUT2D eigenvalue weighted by molar-refractivity contribution is -0.141. The molecule has 0 aromatic heterocycles. The Morgan fingerprint density at radius 2 is 2.08 bits per heavy atom. The highest BCUT2D eigenvalue weighted by Gasteiger charge is 2.67. The van der Waals surface area contributed by atoms with Gasteiger partial charge in [-0.2, -0.15) is 0 Å². The first-order chi connectivity index (χ1) is 5.97. The minimum absolute atomic E-state index is 0.0156. The van der Waals surface area contributed by atoms with E-state index < -0.39 is 0 Å². The zero-order valence-electron chi connectivity index (χ0n) is 7.89. The number of carbonyl (C=O) groups excluding carboxylic acids is 2. The van der Waals surface area contributed by atoms with Crippen LogP contribution in [0.1, 0.15) is 26.7 Å². The molecule has 2 aliphatic rings. The maximum atomic E-state index is 11.7. The summed E-state index contributed by atoms with van der Waals surface area (Å²) < 4.78 is 0.906. The van der Waals surface area contributed by atoms with E-state index in [1.165, 1.54) is 0 Å². The summed E-state index contributed by atoms with van der Waals surface area (Å²) in [4.78, 5) is 23.3. The van der Waals surface area contributed by atoms with Crippen molar-refractivity contribution in [3.05, 3.63) is 0 Å². The van der Waals surface area contributed by atoms with Gasteiger partial charge in [-0.25, -0.2) is 0 Å². The molecule has 0 aromatic rings. The minimum Gasteiger partial charge on any atom is -0.291 e. The van der Waals surface area contributed by atoms with Crippen molar-refractivity contribution in [1.82, 2.24) is 0 Å². The van der Waals surface area contributed by atoms with Gasteiger partial charge in [-0.15, -0.1) is 0 Å². The predicted octanol–water partition coefficient (Wildman–Crippen LogP) is 2.00.